The Morgan fingerprint density at radius 1 is 1.08 bits per heavy atom. The topological polar surface area (TPSA) is 103 Å². The van der Waals surface area contributed by atoms with Crippen molar-refractivity contribution >= 4 is 26.7 Å². The number of para-hydroxylation sites is 1. The number of hydrogen-bond donors (Lipinski definition) is 0. The zero-order chi connectivity index (χ0) is 25.4. The molecule has 3 heterocycles. The Morgan fingerprint density at radius 2 is 1.89 bits per heavy atom. The molecule has 0 saturated carbocycles. The Labute approximate surface area is 209 Å². The van der Waals surface area contributed by atoms with E-state index >= 15 is 0 Å². The van der Waals surface area contributed by atoms with Crippen molar-refractivity contribution in [3.63, 3.8) is 0 Å². The second kappa shape index (κ2) is 9.61. The van der Waals surface area contributed by atoms with Gasteiger partial charge in [0.05, 0.1) is 42.2 Å². The molecule has 0 aliphatic carbocycles. The van der Waals surface area contributed by atoms with E-state index < -0.39 is 27.8 Å². The van der Waals surface area contributed by atoms with E-state index in [9.17, 15) is 18.0 Å². The lowest BCUT2D eigenvalue weighted by atomic mass is 9.97. The van der Waals surface area contributed by atoms with Crippen molar-refractivity contribution in [1.82, 2.24) is 4.90 Å². The first-order valence-corrected chi connectivity index (χ1v) is 14.1. The zero-order valence-corrected chi connectivity index (χ0v) is 21.2. The first-order valence-electron chi connectivity index (χ1n) is 12.2. The first kappa shape index (κ1) is 24.4. The summed E-state index contributed by atoms with van der Waals surface area (Å²) in [7, 11) is -1.74. The normalized spacial score (nSPS) is 20.6. The van der Waals surface area contributed by atoms with Gasteiger partial charge in [-0.3, -0.25) is 9.59 Å². The number of nitrogens with zero attached hydrogens (tertiary/aromatic N) is 1. The van der Waals surface area contributed by atoms with Gasteiger partial charge in [0.2, 0.25) is 5.76 Å². The van der Waals surface area contributed by atoms with E-state index in [2.05, 4.69) is 6.92 Å². The van der Waals surface area contributed by atoms with Crippen molar-refractivity contribution in [3.05, 3.63) is 69.6 Å². The highest BCUT2D eigenvalue weighted by molar-refractivity contribution is 7.91. The molecule has 9 heteroatoms. The molecule has 5 rings (SSSR count). The molecule has 1 saturated heterocycles. The lowest BCUT2D eigenvalue weighted by Crippen LogP contribution is -2.40. The molecule has 0 N–H and O–H groups in total. The third-order valence-electron chi connectivity index (χ3n) is 6.92. The average Bonchev–Trinajstić information content (AvgIpc) is 3.38. The Bertz CT molecular complexity index is 1480. The summed E-state index contributed by atoms with van der Waals surface area (Å²) >= 11 is 0. The van der Waals surface area contributed by atoms with Gasteiger partial charge in [0, 0.05) is 6.04 Å². The van der Waals surface area contributed by atoms with Gasteiger partial charge in [0.1, 0.15) is 5.58 Å². The summed E-state index contributed by atoms with van der Waals surface area (Å²) in [6.07, 6.45) is 3.37. The van der Waals surface area contributed by atoms with Crippen LogP contribution in [0.25, 0.3) is 11.0 Å². The van der Waals surface area contributed by atoms with Crippen molar-refractivity contribution in [2.75, 3.05) is 25.2 Å². The van der Waals surface area contributed by atoms with Crippen LogP contribution in [-0.4, -0.2) is 50.5 Å². The van der Waals surface area contributed by atoms with Gasteiger partial charge in [0.15, 0.2) is 26.8 Å². The van der Waals surface area contributed by atoms with Gasteiger partial charge < -0.3 is 18.8 Å². The van der Waals surface area contributed by atoms with Crippen molar-refractivity contribution in [3.8, 4) is 11.5 Å². The van der Waals surface area contributed by atoms with Gasteiger partial charge in [-0.1, -0.05) is 38.0 Å². The molecule has 2 aromatic carbocycles. The number of hydrogen-bond acceptors (Lipinski definition) is 7. The van der Waals surface area contributed by atoms with Crippen molar-refractivity contribution in [2.45, 2.75) is 44.7 Å². The SMILES string of the molecule is CCCCCOc1ccc([C@H]2c3c(oc4ccccc4c3=O)C(=O)N2[C@H]2CCS(=O)(=O)C2)cc1OC. The fraction of sp³-hybridized carbons (Fsp3) is 0.407. The van der Waals surface area contributed by atoms with E-state index in [0.29, 0.717) is 41.1 Å². The van der Waals surface area contributed by atoms with Gasteiger partial charge in [-0.25, -0.2) is 8.42 Å². The predicted octanol–water partition coefficient (Wildman–Crippen LogP) is 4.10. The molecule has 0 bridgehead atoms. The van der Waals surface area contributed by atoms with Crippen LogP contribution in [0.2, 0.25) is 0 Å². The molecule has 2 aliphatic rings. The highest BCUT2D eigenvalue weighted by Gasteiger charge is 2.48. The minimum atomic E-state index is -3.28. The number of benzene rings is 2. The molecule has 2 aliphatic heterocycles. The maximum Gasteiger partial charge on any atom is 0.291 e. The van der Waals surface area contributed by atoms with Crippen LogP contribution in [-0.2, 0) is 9.84 Å². The molecule has 0 unspecified atom stereocenters. The van der Waals surface area contributed by atoms with Gasteiger partial charge in [0.25, 0.3) is 5.91 Å². The number of fused-ring (bicyclic) bond motifs is 2. The molecule has 36 heavy (non-hydrogen) atoms. The van der Waals surface area contributed by atoms with E-state index in [1.807, 2.05) is 0 Å². The van der Waals surface area contributed by atoms with Crippen molar-refractivity contribution in [2.24, 2.45) is 0 Å². The standard InChI is InChI=1S/C27H29NO7S/c1-3-4-7-13-34-21-11-10-17(15-22(21)33-2)24-23-25(29)19-8-5-6-9-20(19)35-26(23)27(30)28(24)18-12-14-36(31,32)16-18/h5-6,8-11,15,18,24H,3-4,7,12-14,16H2,1-2H3/t18-,24-/m0/s1. The predicted molar refractivity (Wildman–Crippen MR) is 136 cm³/mol. The summed E-state index contributed by atoms with van der Waals surface area (Å²) in [6, 6.07) is 10.8. The lowest BCUT2D eigenvalue weighted by Gasteiger charge is -2.30. The van der Waals surface area contributed by atoms with Crippen LogP contribution >= 0.6 is 0 Å². The second-order valence-corrected chi connectivity index (χ2v) is 11.5. The molecule has 1 fully saturated rings. The van der Waals surface area contributed by atoms with E-state index in [1.165, 1.54) is 12.0 Å². The highest BCUT2D eigenvalue weighted by Crippen LogP contribution is 2.43. The molecular weight excluding hydrogens is 482 g/mol. The number of methoxy groups -OCH3 is 1. The van der Waals surface area contributed by atoms with Crippen molar-refractivity contribution in [1.29, 1.82) is 0 Å². The molecule has 1 aromatic heterocycles. The number of amides is 1. The quantitative estimate of drug-likeness (QED) is 0.420. The van der Waals surface area contributed by atoms with Crippen LogP contribution in [0.1, 0.15) is 60.3 Å². The average molecular weight is 512 g/mol. The molecule has 0 spiro atoms. The highest BCUT2D eigenvalue weighted by atomic mass is 32.2. The fourth-order valence-corrected chi connectivity index (χ4v) is 6.85. The van der Waals surface area contributed by atoms with E-state index in [1.54, 1.807) is 42.5 Å². The number of carbonyl (C=O) groups is 1. The van der Waals surface area contributed by atoms with Crippen LogP contribution in [0, 0.1) is 0 Å². The van der Waals surface area contributed by atoms with Crippen molar-refractivity contribution < 1.29 is 27.1 Å². The van der Waals surface area contributed by atoms with Gasteiger partial charge in [-0.2, -0.15) is 0 Å². The minimum absolute atomic E-state index is 0.00171. The third kappa shape index (κ3) is 4.25. The molecule has 1 amide bonds. The Balaban J connectivity index is 1.63. The van der Waals surface area contributed by atoms with Crippen LogP contribution in [0.4, 0.5) is 0 Å². The summed E-state index contributed by atoms with van der Waals surface area (Å²) in [6.45, 7) is 2.67. The van der Waals surface area contributed by atoms with Gasteiger partial charge >= 0.3 is 0 Å². The Kier molecular flexibility index (Phi) is 6.51. The smallest absolute Gasteiger partial charge is 0.291 e. The second-order valence-electron chi connectivity index (χ2n) is 9.31. The molecule has 0 radical (unpaired) electrons. The first-order chi connectivity index (χ1) is 17.3. The van der Waals surface area contributed by atoms with Gasteiger partial charge in [-0.05, 0) is 42.7 Å². The maximum absolute atomic E-state index is 13.6. The molecular formula is C27H29NO7S. The monoisotopic (exact) mass is 511 g/mol. The number of unbranched alkanes of at least 4 members (excludes halogenated alkanes) is 2. The summed E-state index contributed by atoms with van der Waals surface area (Å²) in [5.74, 6) is 0.399. The molecule has 3 aromatic rings. The molecule has 8 nitrogen and oxygen atoms in total. The summed E-state index contributed by atoms with van der Waals surface area (Å²) in [5.41, 5.74) is 0.878. The number of carbonyl (C=O) groups excluding carboxylic acids is 1. The van der Waals surface area contributed by atoms with E-state index in [0.717, 1.165) is 19.3 Å². The fourth-order valence-electron chi connectivity index (χ4n) is 5.14. The lowest BCUT2D eigenvalue weighted by molar-refractivity contribution is 0.0662. The zero-order valence-electron chi connectivity index (χ0n) is 20.4. The number of rotatable bonds is 8. The van der Waals surface area contributed by atoms with Crippen LogP contribution < -0.4 is 14.9 Å². The molecule has 2 atom stereocenters. The minimum Gasteiger partial charge on any atom is -0.493 e. The Hall–Kier alpha value is -3.33. The van der Waals surface area contributed by atoms with E-state index in [-0.39, 0.29) is 28.3 Å². The number of ether oxygens (including phenoxy) is 2. The third-order valence-corrected chi connectivity index (χ3v) is 8.67. The van der Waals surface area contributed by atoms with E-state index in [4.69, 9.17) is 13.9 Å². The largest absolute Gasteiger partial charge is 0.493 e. The van der Waals surface area contributed by atoms with Crippen LogP contribution in [0.15, 0.2) is 51.7 Å². The maximum atomic E-state index is 13.6. The number of sulfone groups is 1. The summed E-state index contributed by atoms with van der Waals surface area (Å²) < 4.78 is 42.1. The Morgan fingerprint density at radius 3 is 2.61 bits per heavy atom. The van der Waals surface area contributed by atoms with Crippen LogP contribution in [0.5, 0.6) is 11.5 Å². The summed E-state index contributed by atoms with van der Waals surface area (Å²) in [4.78, 5) is 28.8. The summed E-state index contributed by atoms with van der Waals surface area (Å²) in [5, 5.41) is 0.373. The van der Waals surface area contributed by atoms with Crippen LogP contribution in [0.3, 0.4) is 0 Å². The molecule has 190 valence electrons. The van der Waals surface area contributed by atoms with Gasteiger partial charge in [-0.15, -0.1) is 0 Å².